The van der Waals surface area contributed by atoms with Crippen molar-refractivity contribution < 1.29 is 50.1 Å². The fraction of sp³-hybridized carbons (Fsp3) is 0.767. The van der Waals surface area contributed by atoms with E-state index < -0.39 is 41.6 Å². The first kappa shape index (κ1) is 48.7. The molecule has 0 radical (unpaired) electrons. The van der Waals surface area contributed by atoms with Crippen LogP contribution in [0.15, 0.2) is 48.6 Å². The Morgan fingerprint density at radius 2 is 1.06 bits per heavy atom. The standard InChI is InChI=1S/C22H38O5.C21H36O5/c1-4-5-10-14-22(2,26)15-13-18-17(19(23)16-20(18)24)11-8-6-7-9-12-21(25)27-3;1-3-4-9-13-21(2,26)14-12-17-16(18(22)15-19(17)23)10-7-5-6-8-11-20(24)25/h6,8,13,15,17-20,23-24,26H,4-5,7,9-12,14,16H2,1-3H3;5,7,12,14,16-19,22-23,26H,3-4,6,8-11,13,15H2,1-2H3,(H,24,25)/b8-6-,15-13+;7-5-,14-12+/t17-,18-,19+,20-,22+;16-,17-,18+,19-,21+/m11/s1. The van der Waals surface area contributed by atoms with Crippen LogP contribution in [0.1, 0.15) is 143 Å². The van der Waals surface area contributed by atoms with E-state index in [2.05, 4.69) is 18.6 Å². The molecule has 2 aliphatic carbocycles. The predicted octanol–water partition coefficient (Wildman–Crippen LogP) is 6.95. The van der Waals surface area contributed by atoms with Gasteiger partial charge in [-0.1, -0.05) is 101 Å². The number of ether oxygens (including phenoxy) is 1. The van der Waals surface area contributed by atoms with Crippen molar-refractivity contribution in [1.82, 2.24) is 0 Å². The van der Waals surface area contributed by atoms with Crippen molar-refractivity contribution in [3.8, 4) is 0 Å². The van der Waals surface area contributed by atoms with Crippen LogP contribution in [0.2, 0.25) is 0 Å². The van der Waals surface area contributed by atoms with Crippen molar-refractivity contribution in [1.29, 1.82) is 0 Å². The van der Waals surface area contributed by atoms with Crippen molar-refractivity contribution in [2.75, 3.05) is 7.11 Å². The first-order valence-electron chi connectivity index (χ1n) is 20.2. The summed E-state index contributed by atoms with van der Waals surface area (Å²) in [6, 6.07) is 0. The average molecular weight is 751 g/mol. The Balaban J connectivity index is 0.000000530. The molecule has 0 aliphatic heterocycles. The minimum Gasteiger partial charge on any atom is -0.481 e. The van der Waals surface area contributed by atoms with Gasteiger partial charge in [-0.25, -0.2) is 0 Å². The highest BCUT2D eigenvalue weighted by Gasteiger charge is 2.40. The highest BCUT2D eigenvalue weighted by Crippen LogP contribution is 2.38. The summed E-state index contributed by atoms with van der Waals surface area (Å²) in [5, 5.41) is 70.7. The first-order valence-corrected chi connectivity index (χ1v) is 20.2. The van der Waals surface area contributed by atoms with Crippen LogP contribution in [-0.2, 0) is 14.3 Å². The van der Waals surface area contributed by atoms with Gasteiger partial charge in [-0.15, -0.1) is 0 Å². The largest absolute Gasteiger partial charge is 0.481 e. The molecule has 10 atom stereocenters. The molecule has 2 aliphatic rings. The minimum atomic E-state index is -0.889. The third kappa shape index (κ3) is 20.8. The monoisotopic (exact) mass is 751 g/mol. The van der Waals surface area contributed by atoms with Gasteiger partial charge in [0.25, 0.3) is 0 Å². The van der Waals surface area contributed by atoms with Crippen LogP contribution >= 0.6 is 0 Å². The van der Waals surface area contributed by atoms with Gasteiger partial charge in [0.15, 0.2) is 0 Å². The summed E-state index contributed by atoms with van der Waals surface area (Å²) in [6.07, 6.45) is 26.1. The van der Waals surface area contributed by atoms with Crippen molar-refractivity contribution in [3.63, 3.8) is 0 Å². The molecular weight excluding hydrogens is 676 g/mol. The SMILES string of the molecule is CCCCC[C@](C)(O)/C=C/[C@@H]1[C@@H](C/C=C\CCCC(=O)O)[C@@H](O)C[C@H]1O.CCCCC[C@](C)(O)/C=C/[C@@H]1[C@@H](C/C=C\CCCC(=O)OC)[C@@H](O)C[C@H]1O. The number of aliphatic hydroxyl groups is 6. The van der Waals surface area contributed by atoms with Gasteiger partial charge in [-0.3, -0.25) is 9.59 Å². The Morgan fingerprint density at radius 1 is 0.642 bits per heavy atom. The number of aliphatic hydroxyl groups excluding tert-OH is 4. The number of hydrogen-bond donors (Lipinski definition) is 7. The van der Waals surface area contributed by atoms with E-state index in [-0.39, 0.29) is 36.1 Å². The van der Waals surface area contributed by atoms with Gasteiger partial charge in [-0.05, 0) is 77.0 Å². The Hall–Kier alpha value is -2.34. The number of carbonyl (C=O) groups excluding carboxylic acids is 1. The molecule has 0 saturated heterocycles. The topological polar surface area (TPSA) is 185 Å². The molecule has 306 valence electrons. The van der Waals surface area contributed by atoms with E-state index in [1.807, 2.05) is 36.5 Å². The molecule has 0 amide bonds. The molecule has 0 aromatic rings. The third-order valence-electron chi connectivity index (χ3n) is 10.7. The van der Waals surface area contributed by atoms with E-state index in [9.17, 15) is 40.2 Å². The molecule has 10 heteroatoms. The summed E-state index contributed by atoms with van der Waals surface area (Å²) >= 11 is 0. The summed E-state index contributed by atoms with van der Waals surface area (Å²) < 4.78 is 4.61. The number of hydrogen-bond acceptors (Lipinski definition) is 9. The quantitative estimate of drug-likeness (QED) is 0.0309. The maximum Gasteiger partial charge on any atom is 0.305 e. The summed E-state index contributed by atoms with van der Waals surface area (Å²) in [5.74, 6) is -1.45. The second-order valence-electron chi connectivity index (χ2n) is 15.7. The minimum absolute atomic E-state index is 0.0560. The lowest BCUT2D eigenvalue weighted by Gasteiger charge is -2.23. The van der Waals surface area contributed by atoms with Gasteiger partial charge >= 0.3 is 11.9 Å². The summed E-state index contributed by atoms with van der Waals surface area (Å²) in [5.41, 5.74) is -1.77. The van der Waals surface area contributed by atoms with Crippen LogP contribution in [0.25, 0.3) is 0 Å². The lowest BCUT2D eigenvalue weighted by molar-refractivity contribution is -0.140. The van der Waals surface area contributed by atoms with E-state index in [0.717, 1.165) is 51.4 Å². The molecule has 2 fully saturated rings. The molecule has 2 rings (SSSR count). The van der Waals surface area contributed by atoms with E-state index in [4.69, 9.17) is 5.11 Å². The van der Waals surface area contributed by atoms with Gasteiger partial charge in [0.2, 0.25) is 0 Å². The Morgan fingerprint density at radius 3 is 1.43 bits per heavy atom. The zero-order valence-corrected chi connectivity index (χ0v) is 33.3. The van der Waals surface area contributed by atoms with Crippen molar-refractivity contribution in [3.05, 3.63) is 48.6 Å². The van der Waals surface area contributed by atoms with Crippen LogP contribution in [0.4, 0.5) is 0 Å². The first-order chi connectivity index (χ1) is 25.1. The number of esters is 1. The lowest BCUT2D eigenvalue weighted by Crippen LogP contribution is -2.24. The maximum absolute atomic E-state index is 11.1. The van der Waals surface area contributed by atoms with Gasteiger partial charge in [-0.2, -0.15) is 0 Å². The Bertz CT molecular complexity index is 1130. The van der Waals surface area contributed by atoms with E-state index in [0.29, 0.717) is 57.8 Å². The zero-order valence-electron chi connectivity index (χ0n) is 33.3. The van der Waals surface area contributed by atoms with Crippen LogP contribution in [0.3, 0.4) is 0 Å². The second-order valence-corrected chi connectivity index (χ2v) is 15.7. The third-order valence-corrected chi connectivity index (χ3v) is 10.7. The number of aliphatic carboxylic acids is 1. The van der Waals surface area contributed by atoms with Gasteiger partial charge in [0, 0.05) is 37.5 Å². The highest BCUT2D eigenvalue weighted by molar-refractivity contribution is 5.69. The molecule has 53 heavy (non-hydrogen) atoms. The van der Waals surface area contributed by atoms with Crippen LogP contribution in [-0.4, -0.2) is 90.4 Å². The zero-order chi connectivity index (χ0) is 39.9. The molecular formula is C43H74O10. The van der Waals surface area contributed by atoms with E-state index >= 15 is 0 Å². The highest BCUT2D eigenvalue weighted by atomic mass is 16.5. The number of allylic oxidation sites excluding steroid dienone is 4. The number of unbranched alkanes of at least 4 members (excludes halogenated alkanes) is 6. The van der Waals surface area contributed by atoms with Gasteiger partial charge in [0.1, 0.15) is 0 Å². The van der Waals surface area contributed by atoms with Crippen LogP contribution in [0.5, 0.6) is 0 Å². The van der Waals surface area contributed by atoms with Crippen molar-refractivity contribution in [2.24, 2.45) is 23.7 Å². The number of carbonyl (C=O) groups is 2. The number of carboxylic acids is 1. The van der Waals surface area contributed by atoms with Crippen molar-refractivity contribution >= 4 is 11.9 Å². The normalized spacial score (nSPS) is 28.4. The number of methoxy groups -OCH3 is 1. The number of carboxylic acid groups (broad SMARTS) is 1. The van der Waals surface area contributed by atoms with Gasteiger partial charge in [0.05, 0.1) is 42.7 Å². The van der Waals surface area contributed by atoms with E-state index in [1.165, 1.54) is 7.11 Å². The second kappa shape index (κ2) is 26.5. The summed E-state index contributed by atoms with van der Waals surface area (Å²) in [4.78, 5) is 21.6. The lowest BCUT2D eigenvalue weighted by atomic mass is 9.88. The fourth-order valence-electron chi connectivity index (χ4n) is 7.26. The Labute approximate surface area is 319 Å². The maximum atomic E-state index is 11.1. The molecule has 0 unspecified atom stereocenters. The molecule has 0 aromatic heterocycles. The molecule has 7 N–H and O–H groups in total. The molecule has 0 heterocycles. The molecule has 2 saturated carbocycles. The summed E-state index contributed by atoms with van der Waals surface area (Å²) in [6.45, 7) is 7.84. The molecule has 10 nitrogen and oxygen atoms in total. The Kier molecular flexibility index (Phi) is 24.3. The molecule has 0 bridgehead atoms. The predicted molar refractivity (Wildman–Crippen MR) is 210 cm³/mol. The molecule has 0 aromatic carbocycles. The van der Waals surface area contributed by atoms with Crippen molar-refractivity contribution in [2.45, 2.75) is 179 Å². The molecule has 0 spiro atoms. The smallest absolute Gasteiger partial charge is 0.305 e. The summed E-state index contributed by atoms with van der Waals surface area (Å²) in [7, 11) is 1.39. The van der Waals surface area contributed by atoms with Gasteiger partial charge < -0.3 is 40.5 Å². The average Bonchev–Trinajstić information content (AvgIpc) is 3.52. The van der Waals surface area contributed by atoms with Crippen LogP contribution in [0, 0.1) is 23.7 Å². The fourth-order valence-corrected chi connectivity index (χ4v) is 7.26. The number of rotatable bonds is 24. The van der Waals surface area contributed by atoms with E-state index in [1.54, 1.807) is 26.0 Å². The van der Waals surface area contributed by atoms with Crippen LogP contribution < -0.4 is 0 Å².